The van der Waals surface area contributed by atoms with Crippen LogP contribution in [0.15, 0.2) is 53.6 Å². The number of nitrogens with zero attached hydrogens (tertiary/aromatic N) is 2. The van der Waals surface area contributed by atoms with Gasteiger partial charge in [-0.15, -0.1) is 0 Å². The quantitative estimate of drug-likeness (QED) is 0.539. The number of likely N-dealkylation sites (N-methyl/N-ethyl adjacent to an activating group) is 1. The molecule has 0 unspecified atom stereocenters. The Morgan fingerprint density at radius 3 is 2.39 bits per heavy atom. The van der Waals surface area contributed by atoms with Crippen LogP contribution in [0.25, 0.3) is 0 Å². The lowest BCUT2D eigenvalue weighted by atomic mass is 10.2. The maximum Gasteiger partial charge on any atom is 0.335 e. The van der Waals surface area contributed by atoms with Crippen LogP contribution >= 0.6 is 0 Å². The first-order chi connectivity index (χ1) is 11.1. The van der Waals surface area contributed by atoms with Gasteiger partial charge >= 0.3 is 5.97 Å². The number of carboxylic acids is 1. The second kappa shape index (κ2) is 7.95. The molecule has 0 radical (unpaired) electrons. The number of hydrogen-bond acceptors (Lipinski definition) is 5. The molecular formula is C17H19N3O3. The largest absolute Gasteiger partial charge is 0.478 e. The van der Waals surface area contributed by atoms with Crippen LogP contribution in [0.2, 0.25) is 0 Å². The van der Waals surface area contributed by atoms with Crippen LogP contribution in [-0.2, 0) is 0 Å². The van der Waals surface area contributed by atoms with E-state index in [1.807, 2.05) is 36.2 Å². The van der Waals surface area contributed by atoms with E-state index in [2.05, 4.69) is 10.5 Å². The Bertz CT molecular complexity index is 666. The second-order valence-electron chi connectivity index (χ2n) is 4.99. The van der Waals surface area contributed by atoms with Crippen LogP contribution in [0.3, 0.4) is 0 Å². The fraction of sp³-hybridized carbons (Fsp3) is 0.176. The number of carboxylic acid groups (broad SMARTS) is 1. The van der Waals surface area contributed by atoms with Crippen LogP contribution in [0, 0.1) is 0 Å². The van der Waals surface area contributed by atoms with Crippen molar-refractivity contribution in [3.8, 4) is 0 Å². The van der Waals surface area contributed by atoms with E-state index < -0.39 is 5.97 Å². The molecule has 2 aromatic rings. The Morgan fingerprint density at radius 1 is 1.17 bits per heavy atom. The molecule has 2 rings (SSSR count). The van der Waals surface area contributed by atoms with Crippen molar-refractivity contribution in [2.24, 2.45) is 5.10 Å². The van der Waals surface area contributed by atoms with Crippen LogP contribution in [0.1, 0.15) is 15.9 Å². The third-order valence-electron chi connectivity index (χ3n) is 3.31. The summed E-state index contributed by atoms with van der Waals surface area (Å²) in [6.07, 6.45) is 1.68. The molecule has 0 atom stereocenters. The monoisotopic (exact) mass is 313 g/mol. The lowest BCUT2D eigenvalue weighted by molar-refractivity contribution is 0.0697. The molecule has 6 heteroatoms. The zero-order valence-electron chi connectivity index (χ0n) is 12.8. The molecule has 2 aromatic carbocycles. The molecule has 0 amide bonds. The molecule has 0 spiro atoms. The minimum Gasteiger partial charge on any atom is -0.478 e. The lowest BCUT2D eigenvalue weighted by Gasteiger charge is -2.17. The topological polar surface area (TPSA) is 85.2 Å². The number of anilines is 2. The minimum absolute atomic E-state index is 0.115. The number of hydrogen-bond donors (Lipinski definition) is 3. The maximum absolute atomic E-state index is 10.8. The van der Waals surface area contributed by atoms with Crippen molar-refractivity contribution in [1.82, 2.24) is 0 Å². The normalized spacial score (nSPS) is 10.7. The molecule has 120 valence electrons. The Morgan fingerprint density at radius 2 is 1.83 bits per heavy atom. The highest BCUT2D eigenvalue weighted by Gasteiger charge is 2.01. The average Bonchev–Trinajstić information content (AvgIpc) is 2.56. The molecular weight excluding hydrogens is 294 g/mol. The van der Waals surface area contributed by atoms with E-state index in [1.54, 1.807) is 18.3 Å². The molecule has 0 saturated carbocycles. The number of aliphatic hydroxyl groups is 1. The molecule has 0 aliphatic heterocycles. The highest BCUT2D eigenvalue weighted by atomic mass is 16.4. The maximum atomic E-state index is 10.8. The van der Waals surface area contributed by atoms with E-state index in [9.17, 15) is 4.79 Å². The van der Waals surface area contributed by atoms with Crippen molar-refractivity contribution in [2.45, 2.75) is 0 Å². The fourth-order valence-corrected chi connectivity index (χ4v) is 1.96. The van der Waals surface area contributed by atoms with Gasteiger partial charge in [0.05, 0.1) is 24.1 Å². The van der Waals surface area contributed by atoms with Gasteiger partial charge in [0.15, 0.2) is 0 Å². The summed E-state index contributed by atoms with van der Waals surface area (Å²) in [5, 5.41) is 21.9. The third-order valence-corrected chi connectivity index (χ3v) is 3.31. The van der Waals surface area contributed by atoms with Gasteiger partial charge in [-0.25, -0.2) is 4.79 Å². The first kappa shape index (κ1) is 16.5. The van der Waals surface area contributed by atoms with E-state index in [1.165, 1.54) is 12.1 Å². The average molecular weight is 313 g/mol. The summed E-state index contributed by atoms with van der Waals surface area (Å²) < 4.78 is 0. The Balaban J connectivity index is 1.93. The molecule has 0 fully saturated rings. The molecule has 0 saturated heterocycles. The van der Waals surface area contributed by atoms with Crippen molar-refractivity contribution in [1.29, 1.82) is 0 Å². The summed E-state index contributed by atoms with van der Waals surface area (Å²) in [4.78, 5) is 12.7. The molecule has 0 aliphatic rings. The summed E-state index contributed by atoms with van der Waals surface area (Å²) >= 11 is 0. The number of aliphatic hydroxyl groups excluding tert-OH is 1. The number of aromatic carboxylic acids is 1. The smallest absolute Gasteiger partial charge is 0.335 e. The van der Waals surface area contributed by atoms with Gasteiger partial charge in [0.25, 0.3) is 0 Å². The number of hydrazone groups is 1. The minimum atomic E-state index is -0.952. The number of benzene rings is 2. The number of rotatable bonds is 7. The van der Waals surface area contributed by atoms with Crippen molar-refractivity contribution in [3.05, 3.63) is 59.7 Å². The molecule has 0 bridgehead atoms. The van der Waals surface area contributed by atoms with Gasteiger partial charge in [-0.05, 0) is 42.0 Å². The second-order valence-corrected chi connectivity index (χ2v) is 4.99. The van der Waals surface area contributed by atoms with Crippen molar-refractivity contribution in [3.63, 3.8) is 0 Å². The summed E-state index contributed by atoms with van der Waals surface area (Å²) in [7, 11) is 1.92. The van der Waals surface area contributed by atoms with Gasteiger partial charge < -0.3 is 15.1 Å². The van der Waals surface area contributed by atoms with Gasteiger partial charge in [0, 0.05) is 19.3 Å². The third kappa shape index (κ3) is 4.82. The zero-order chi connectivity index (χ0) is 16.7. The molecule has 0 heterocycles. The van der Waals surface area contributed by atoms with Crippen molar-refractivity contribution >= 4 is 23.6 Å². The predicted octanol–water partition coefficient (Wildman–Crippen LogP) is 2.26. The zero-order valence-corrected chi connectivity index (χ0v) is 12.8. The van der Waals surface area contributed by atoms with Crippen LogP contribution in [0.5, 0.6) is 0 Å². The van der Waals surface area contributed by atoms with Gasteiger partial charge in [0.1, 0.15) is 0 Å². The highest BCUT2D eigenvalue weighted by molar-refractivity contribution is 5.88. The first-order valence-corrected chi connectivity index (χ1v) is 7.14. The standard InChI is InChI=1S/C17H19N3O3/c1-20(10-11-21)16-8-2-13(3-9-16)12-18-19-15-6-4-14(5-7-15)17(22)23/h2-9,12,19,21H,10-11H2,1H3,(H,22,23). The van der Waals surface area contributed by atoms with E-state index >= 15 is 0 Å². The van der Waals surface area contributed by atoms with E-state index in [4.69, 9.17) is 10.2 Å². The van der Waals surface area contributed by atoms with Gasteiger partial charge in [0.2, 0.25) is 0 Å². The lowest BCUT2D eigenvalue weighted by Crippen LogP contribution is -2.20. The summed E-state index contributed by atoms with van der Waals surface area (Å²) in [5.74, 6) is -0.952. The Labute approximate surface area is 134 Å². The van der Waals surface area contributed by atoms with Gasteiger partial charge in [-0.1, -0.05) is 12.1 Å². The number of carbonyl (C=O) groups is 1. The predicted molar refractivity (Wildman–Crippen MR) is 91.4 cm³/mol. The number of nitrogens with one attached hydrogen (secondary N) is 1. The fourth-order valence-electron chi connectivity index (χ4n) is 1.96. The van der Waals surface area contributed by atoms with Crippen LogP contribution in [-0.4, -0.2) is 42.6 Å². The Kier molecular flexibility index (Phi) is 5.71. The molecule has 6 nitrogen and oxygen atoms in total. The van der Waals surface area contributed by atoms with E-state index in [-0.39, 0.29) is 12.2 Å². The van der Waals surface area contributed by atoms with Crippen molar-refractivity contribution < 1.29 is 15.0 Å². The molecule has 3 N–H and O–H groups in total. The first-order valence-electron chi connectivity index (χ1n) is 7.14. The van der Waals surface area contributed by atoms with Crippen molar-refractivity contribution in [2.75, 3.05) is 30.5 Å². The molecule has 23 heavy (non-hydrogen) atoms. The Hall–Kier alpha value is -2.86. The summed E-state index contributed by atoms with van der Waals surface area (Å²) in [5.41, 5.74) is 5.75. The highest BCUT2D eigenvalue weighted by Crippen LogP contribution is 2.13. The SMILES string of the molecule is CN(CCO)c1ccc(C=NNc2ccc(C(=O)O)cc2)cc1. The van der Waals surface area contributed by atoms with Crippen LogP contribution < -0.4 is 10.3 Å². The summed E-state index contributed by atoms with van der Waals surface area (Å²) in [6, 6.07) is 14.1. The molecule has 0 aromatic heterocycles. The van der Waals surface area contributed by atoms with Gasteiger partial charge in [-0.3, -0.25) is 5.43 Å². The van der Waals surface area contributed by atoms with Crippen LogP contribution in [0.4, 0.5) is 11.4 Å². The van der Waals surface area contributed by atoms with E-state index in [0.29, 0.717) is 12.2 Å². The summed E-state index contributed by atoms with van der Waals surface area (Å²) in [6.45, 7) is 0.700. The van der Waals surface area contributed by atoms with Gasteiger partial charge in [-0.2, -0.15) is 5.10 Å². The molecule has 0 aliphatic carbocycles. The van der Waals surface area contributed by atoms with E-state index in [0.717, 1.165) is 11.3 Å².